The molecule has 48 heavy (non-hydrogen) atoms. The van der Waals surface area contributed by atoms with E-state index in [1.807, 2.05) is 78.2 Å². The molecule has 1 aromatic heterocycles. The lowest BCUT2D eigenvalue weighted by Crippen LogP contribution is -2.46. The molecule has 0 radical (unpaired) electrons. The second-order valence-corrected chi connectivity index (χ2v) is 14.1. The van der Waals surface area contributed by atoms with Gasteiger partial charge in [-0.15, -0.1) is 11.3 Å². The minimum absolute atomic E-state index is 0.138. The summed E-state index contributed by atoms with van der Waals surface area (Å²) in [6.45, 7) is 2.73. The third-order valence-electron chi connectivity index (χ3n) is 10.0. The second kappa shape index (κ2) is 14.1. The van der Waals surface area contributed by atoms with Crippen LogP contribution in [0.1, 0.15) is 49.5 Å². The molecular weight excluding hydrogens is 621 g/mol. The number of likely N-dealkylation sites (tertiary alicyclic amines) is 1. The zero-order chi connectivity index (χ0) is 33.2. The molecule has 2 fully saturated rings. The van der Waals surface area contributed by atoms with Gasteiger partial charge in [0, 0.05) is 10.3 Å². The highest BCUT2D eigenvalue weighted by molar-refractivity contribution is 7.09. The van der Waals surface area contributed by atoms with E-state index in [0.29, 0.717) is 19.4 Å². The summed E-state index contributed by atoms with van der Waals surface area (Å²) in [5.41, 5.74) is 4.31. The summed E-state index contributed by atoms with van der Waals surface area (Å²) < 4.78 is 12.6. The Labute approximate surface area is 285 Å². The van der Waals surface area contributed by atoms with Gasteiger partial charge >= 0.3 is 7.12 Å². The van der Waals surface area contributed by atoms with Gasteiger partial charge in [-0.2, -0.15) is 0 Å². The van der Waals surface area contributed by atoms with Crippen LogP contribution in [-0.2, 0) is 20.8 Å². The predicted molar refractivity (Wildman–Crippen MR) is 189 cm³/mol. The number of phenols is 1. The fourth-order valence-corrected chi connectivity index (χ4v) is 8.61. The van der Waals surface area contributed by atoms with Crippen molar-refractivity contribution < 1.29 is 29.1 Å². The van der Waals surface area contributed by atoms with Crippen molar-refractivity contribution in [3.63, 3.8) is 0 Å². The molecule has 2 aliphatic heterocycles. The Balaban J connectivity index is 1.20. The third kappa shape index (κ3) is 6.47. The summed E-state index contributed by atoms with van der Waals surface area (Å²) in [6, 6.07) is 25.1. The smallest absolute Gasteiger partial charge is 0.455 e. The van der Waals surface area contributed by atoms with Gasteiger partial charge in [0.1, 0.15) is 18.1 Å². The van der Waals surface area contributed by atoms with Gasteiger partial charge in [-0.25, -0.2) is 0 Å². The number of hydrogen-bond acceptors (Lipinski definition) is 7. The van der Waals surface area contributed by atoms with Gasteiger partial charge in [0.15, 0.2) is 0 Å². The Kier molecular flexibility index (Phi) is 9.53. The van der Waals surface area contributed by atoms with E-state index in [9.17, 15) is 19.7 Å². The number of hydrogen-bond donors (Lipinski definition) is 2. The number of allylic oxidation sites excluding steroid dienone is 1. The van der Waals surface area contributed by atoms with Gasteiger partial charge in [0.25, 0.3) is 0 Å². The molecule has 2 saturated heterocycles. The first-order chi connectivity index (χ1) is 23.4. The van der Waals surface area contributed by atoms with Crippen molar-refractivity contribution in [1.82, 2.24) is 4.90 Å². The Morgan fingerprint density at radius 3 is 2.54 bits per heavy atom. The molecule has 1 aliphatic carbocycles. The van der Waals surface area contributed by atoms with Crippen LogP contribution >= 0.6 is 11.3 Å². The van der Waals surface area contributed by atoms with Gasteiger partial charge in [-0.05, 0) is 89.7 Å². The normalized spacial score (nSPS) is 22.8. The molecule has 7 rings (SSSR count). The number of amides is 2. The van der Waals surface area contributed by atoms with Crippen molar-refractivity contribution in [2.45, 2.75) is 58.0 Å². The largest absolute Gasteiger partial charge is 0.507 e. The molecule has 2 amide bonds. The second-order valence-electron chi connectivity index (χ2n) is 13.1. The van der Waals surface area contributed by atoms with Crippen LogP contribution in [0.3, 0.4) is 0 Å². The molecule has 9 heteroatoms. The summed E-state index contributed by atoms with van der Waals surface area (Å²) >= 11 is 1.54. The maximum Gasteiger partial charge on any atom is 0.455 e. The number of carbonyl (C=O) groups excluding carboxylic acids is 2. The highest BCUT2D eigenvalue weighted by Gasteiger charge is 2.57. The zero-order valence-corrected chi connectivity index (χ0v) is 27.9. The number of thiophene rings is 1. The number of benzene rings is 3. The molecule has 7 nitrogen and oxygen atoms in total. The van der Waals surface area contributed by atoms with E-state index in [0.717, 1.165) is 57.4 Å². The molecular formula is C39H40BNO6S. The first kappa shape index (κ1) is 32.4. The maximum absolute atomic E-state index is 14.0. The SMILES string of the molecule is CCC/C(=C\c1ccc(O)c2ccccc12)CC[C@H]1OB(O)C[C@H]2C1=C(COc1ccccc1)C[C@H]1C(=O)N(Cc3cccs3)C(=O)[C@H]12. The number of nitrogens with zero attached hydrogens (tertiary/aromatic N) is 1. The van der Waals surface area contributed by atoms with Gasteiger partial charge in [-0.1, -0.05) is 79.6 Å². The van der Waals surface area contributed by atoms with E-state index in [2.05, 4.69) is 13.0 Å². The fraction of sp³-hybridized carbons (Fsp3) is 0.333. The van der Waals surface area contributed by atoms with Crippen molar-refractivity contribution in [2.75, 3.05) is 6.61 Å². The van der Waals surface area contributed by atoms with E-state index in [1.165, 1.54) is 21.8 Å². The van der Waals surface area contributed by atoms with Crippen LogP contribution in [-0.4, -0.2) is 46.7 Å². The molecule has 0 spiro atoms. The quantitative estimate of drug-likeness (QED) is 0.0975. The number of ether oxygens (including phenoxy) is 1. The van der Waals surface area contributed by atoms with Crippen LogP contribution < -0.4 is 4.74 Å². The molecule has 3 aromatic carbocycles. The molecule has 3 heterocycles. The minimum atomic E-state index is -1.03. The summed E-state index contributed by atoms with van der Waals surface area (Å²) in [4.78, 5) is 30.3. The lowest BCUT2D eigenvalue weighted by Gasteiger charge is -2.43. The molecule has 4 aromatic rings. The van der Waals surface area contributed by atoms with Crippen molar-refractivity contribution >= 4 is 47.1 Å². The van der Waals surface area contributed by atoms with E-state index in [4.69, 9.17) is 9.39 Å². The Morgan fingerprint density at radius 1 is 0.979 bits per heavy atom. The number of aromatic hydroxyl groups is 1. The molecule has 3 aliphatic rings. The first-order valence-electron chi connectivity index (χ1n) is 16.9. The summed E-state index contributed by atoms with van der Waals surface area (Å²) in [5.74, 6) is -0.606. The average Bonchev–Trinajstić information content (AvgIpc) is 3.70. The predicted octanol–water partition coefficient (Wildman–Crippen LogP) is 7.65. The number of phenolic OH excluding ortho intramolecular Hbond substituents is 1. The van der Waals surface area contributed by atoms with E-state index in [-0.39, 0.29) is 36.3 Å². The van der Waals surface area contributed by atoms with Gasteiger partial charge < -0.3 is 19.5 Å². The zero-order valence-electron chi connectivity index (χ0n) is 27.1. The van der Waals surface area contributed by atoms with Crippen molar-refractivity contribution in [3.05, 3.63) is 111 Å². The molecule has 0 saturated carbocycles. The van der Waals surface area contributed by atoms with Crippen LogP contribution in [0, 0.1) is 17.8 Å². The summed E-state index contributed by atoms with van der Waals surface area (Å²) in [6.07, 6.45) is 5.72. The highest BCUT2D eigenvalue weighted by Crippen LogP contribution is 2.51. The van der Waals surface area contributed by atoms with Crippen LogP contribution in [0.5, 0.6) is 11.5 Å². The number of imide groups is 1. The third-order valence-corrected chi connectivity index (χ3v) is 10.9. The summed E-state index contributed by atoms with van der Waals surface area (Å²) in [7, 11) is -1.03. The number of carbonyl (C=O) groups is 2. The van der Waals surface area contributed by atoms with E-state index in [1.54, 1.807) is 6.07 Å². The monoisotopic (exact) mass is 661 g/mol. The average molecular weight is 662 g/mol. The standard InChI is InChI=1S/C39H40BNO6S/c1-2-9-25(20-26-16-17-34(42)31-14-7-6-13-30(26)31)15-18-35-36-27(24-46-28-10-4-3-5-11-28)21-32-37(33(36)22-40(45)47-35)39(44)41(38(32)43)23-29-12-8-19-48-29/h3-8,10-14,16-17,19-20,32-33,35,37,42,45H,2,9,15,18,21-24H2,1H3/b25-20+/t32-,33+,35-,37-/m1/s1. The van der Waals surface area contributed by atoms with Crippen LogP contribution in [0.4, 0.5) is 0 Å². The highest BCUT2D eigenvalue weighted by atomic mass is 32.1. The number of fused-ring (bicyclic) bond motifs is 4. The molecule has 0 bridgehead atoms. The van der Waals surface area contributed by atoms with Crippen LogP contribution in [0.25, 0.3) is 16.8 Å². The Hall–Kier alpha value is -4.18. The van der Waals surface area contributed by atoms with Gasteiger partial charge in [0.2, 0.25) is 11.8 Å². The van der Waals surface area contributed by atoms with E-state index < -0.39 is 25.1 Å². The topological polar surface area (TPSA) is 96.3 Å². The molecule has 2 N–H and O–H groups in total. The molecule has 246 valence electrons. The van der Waals surface area contributed by atoms with Gasteiger partial charge in [-0.3, -0.25) is 14.5 Å². The minimum Gasteiger partial charge on any atom is -0.507 e. The van der Waals surface area contributed by atoms with E-state index >= 15 is 0 Å². The van der Waals surface area contributed by atoms with Crippen LogP contribution in [0.2, 0.25) is 6.32 Å². The first-order valence-corrected chi connectivity index (χ1v) is 17.8. The van der Waals surface area contributed by atoms with Crippen molar-refractivity contribution in [1.29, 1.82) is 0 Å². The van der Waals surface area contributed by atoms with Crippen molar-refractivity contribution in [3.8, 4) is 11.5 Å². The van der Waals surface area contributed by atoms with Gasteiger partial charge in [0.05, 0.1) is 24.5 Å². The molecule has 0 unspecified atom stereocenters. The van der Waals surface area contributed by atoms with Crippen LogP contribution in [0.15, 0.2) is 101 Å². The lowest BCUT2D eigenvalue weighted by atomic mass is 9.58. The Bertz CT molecular complexity index is 1850. The van der Waals surface area contributed by atoms with Crippen molar-refractivity contribution in [2.24, 2.45) is 17.8 Å². The Morgan fingerprint density at radius 2 is 1.77 bits per heavy atom. The molecule has 4 atom stereocenters. The lowest BCUT2D eigenvalue weighted by molar-refractivity contribution is -0.140. The number of para-hydroxylation sites is 1. The fourth-order valence-electron chi connectivity index (χ4n) is 7.92. The maximum atomic E-state index is 14.0. The summed E-state index contributed by atoms with van der Waals surface area (Å²) in [5, 5.41) is 25.3. The number of rotatable bonds is 11.